The van der Waals surface area contributed by atoms with Crippen molar-refractivity contribution in [2.45, 2.75) is 240 Å². The number of nitro benzene ring substituents is 1. The number of carbonyl (C=O) groups excluding carboxylic acids is 7. The summed E-state index contributed by atoms with van der Waals surface area (Å²) in [5.74, 6) is 0.260. The molecule has 10 aliphatic rings. The lowest BCUT2D eigenvalue weighted by Crippen LogP contribution is -2.35. The van der Waals surface area contributed by atoms with Crippen LogP contribution in [0.3, 0.4) is 0 Å². The van der Waals surface area contributed by atoms with Crippen LogP contribution in [0.1, 0.15) is 259 Å². The fourth-order valence-corrected chi connectivity index (χ4v) is 19.4. The largest absolute Gasteiger partial charge is 0.451 e. The van der Waals surface area contributed by atoms with E-state index in [1.165, 1.54) is 88.6 Å². The number of fused-ring (bicyclic) bond motifs is 10. The number of Topliss-reactive ketones (excluding diaryl/α,β-unsaturated/α-hetero) is 4. The lowest BCUT2D eigenvalue weighted by atomic mass is 9.98. The topological polar surface area (TPSA) is 498 Å². The number of aliphatic hydroxyl groups is 4. The number of primary sulfonamides is 1. The molecule has 3 aromatic heterocycles. The Morgan fingerprint density at radius 2 is 0.829 bits per heavy atom. The van der Waals surface area contributed by atoms with Gasteiger partial charge in [-0.05, 0) is 254 Å². The number of carbonyl (C=O) groups is 6. The highest BCUT2D eigenvalue weighted by Crippen LogP contribution is 2.46. The summed E-state index contributed by atoms with van der Waals surface area (Å²) in [6.07, 6.45) is 24.9. The number of sulfonamides is 3. The first-order valence-electron chi connectivity index (χ1n) is 38.9. The maximum absolute atomic E-state index is 12.5. The third-order valence-electron chi connectivity index (χ3n) is 23.0. The van der Waals surface area contributed by atoms with Crippen molar-refractivity contribution in [3.8, 4) is 0 Å². The van der Waals surface area contributed by atoms with Gasteiger partial charge >= 0.3 is 12.1 Å². The van der Waals surface area contributed by atoms with Gasteiger partial charge in [-0.3, -0.25) is 29.3 Å². The van der Waals surface area contributed by atoms with E-state index >= 15 is 0 Å². The molecule has 0 bridgehead atoms. The Morgan fingerprint density at radius 3 is 1.28 bits per heavy atom. The average molecular weight is 1660 g/mol. The van der Waals surface area contributed by atoms with Crippen molar-refractivity contribution < 1.29 is 97.4 Å². The van der Waals surface area contributed by atoms with Crippen LogP contribution in [0.15, 0.2) is 101 Å². The average Bonchev–Trinajstić information content (AvgIpc) is 1.65. The summed E-state index contributed by atoms with van der Waals surface area (Å²) in [5.41, 5.74) is 24.8. The number of amides is 4. The van der Waals surface area contributed by atoms with Crippen molar-refractivity contribution in [2.24, 2.45) is 10.1 Å². The van der Waals surface area contributed by atoms with E-state index in [9.17, 15) is 89.4 Å². The molecular weight excluding hydrogens is 1570 g/mol. The van der Waals surface area contributed by atoms with Gasteiger partial charge in [0, 0.05) is 94.1 Å². The lowest BCUT2D eigenvalue weighted by Gasteiger charge is -2.18. The van der Waals surface area contributed by atoms with Crippen LogP contribution in [0.5, 0.6) is 0 Å². The van der Waals surface area contributed by atoms with Crippen LogP contribution in [0.25, 0.3) is 0 Å². The second kappa shape index (κ2) is 32.7. The maximum Gasteiger partial charge on any atom is 0.333 e. The van der Waals surface area contributed by atoms with Crippen LogP contribution in [0, 0.1) is 10.1 Å². The molecule has 18 rings (SSSR count). The van der Waals surface area contributed by atoms with E-state index < -0.39 is 75.2 Å². The molecule has 8 aromatic rings. The molecule has 1 unspecified atom stereocenters. The zero-order chi connectivity index (χ0) is 84.3. The van der Waals surface area contributed by atoms with Gasteiger partial charge in [-0.2, -0.15) is 21.8 Å². The van der Waals surface area contributed by atoms with Crippen molar-refractivity contribution in [1.82, 2.24) is 9.44 Å². The predicted molar refractivity (Wildman–Crippen MR) is 427 cm³/mol. The van der Waals surface area contributed by atoms with E-state index in [-0.39, 0.29) is 50.0 Å². The maximum atomic E-state index is 12.5. The molecule has 33 heteroatoms. The molecule has 117 heavy (non-hydrogen) atoms. The molecule has 0 saturated heterocycles. The molecule has 12 N–H and O–H groups in total. The van der Waals surface area contributed by atoms with Gasteiger partial charge in [0.05, 0.1) is 69.2 Å². The minimum atomic E-state index is -4.29. The van der Waals surface area contributed by atoms with Crippen molar-refractivity contribution in [2.75, 3.05) is 16.4 Å². The highest BCUT2D eigenvalue weighted by Gasteiger charge is 2.39. The van der Waals surface area contributed by atoms with Gasteiger partial charge in [0.2, 0.25) is 21.4 Å². The number of nitro groups is 1. The molecule has 10 aliphatic carbocycles. The number of anilines is 3. The highest BCUT2D eigenvalue weighted by molar-refractivity contribution is 7.90. The molecule has 30 nitrogen and oxygen atoms in total. The smallest absolute Gasteiger partial charge is 0.333 e. The number of ketones is 4. The Bertz CT molecular complexity index is 5800. The fourth-order valence-electron chi connectivity index (χ4n) is 17.2. The van der Waals surface area contributed by atoms with Crippen molar-refractivity contribution in [3.05, 3.63) is 205 Å². The number of rotatable bonds is 12. The Morgan fingerprint density at radius 1 is 0.470 bits per heavy atom. The fraction of sp³-hybridized carbons (Fsp3) is 0.417. The van der Waals surface area contributed by atoms with E-state index in [1.54, 1.807) is 6.08 Å². The minimum Gasteiger partial charge on any atom is -0.451 e. The van der Waals surface area contributed by atoms with E-state index in [0.29, 0.717) is 89.8 Å². The first-order valence-corrected chi connectivity index (χ1v) is 43.4. The van der Waals surface area contributed by atoms with Crippen LogP contribution in [0.2, 0.25) is 0 Å². The van der Waals surface area contributed by atoms with Gasteiger partial charge in [0.1, 0.15) is 0 Å². The number of urea groups is 2. The summed E-state index contributed by atoms with van der Waals surface area (Å²) in [4.78, 5) is 97.5. The van der Waals surface area contributed by atoms with Gasteiger partial charge < -0.3 is 50.0 Å². The molecule has 0 saturated carbocycles. The second-order valence-electron chi connectivity index (χ2n) is 32.4. The van der Waals surface area contributed by atoms with Crippen LogP contribution < -0.4 is 31.0 Å². The molecule has 3 heterocycles. The molecule has 0 aliphatic heterocycles. The summed E-state index contributed by atoms with van der Waals surface area (Å²) in [5, 5.41) is 59.7. The molecule has 0 radical (unpaired) electrons. The summed E-state index contributed by atoms with van der Waals surface area (Å²) in [6, 6.07) is 12.1. The standard InChI is InChI=1S/C20H24N2O6S.C20H22N2O6S.C13H11NO2.C12H11NO3.C12H13NO.C7H11NO4S/c2*1-20(2,25)13-9-16(28-10-13)29(26,27)22-19(24)21-18-14-5-3-4-11(14)8-12-6-7-15(23)17(12)18;15-7-14-13-10-3-1-2-8(10)6-9-4-5-11(16)12(9)13;14-10-5-4-8-6-7-2-1-3-9(7)12(11(8)10)13(15)16;13-12-9-3-1-2-7(9)6-8-4-5-10(14)11(8)12;1-7(2,9)5-3-6(12-4-5)13(8,10)11/h8-10,15,23,25H,3-7H2,1-2H3,(H2,21,22,24);8-10,25H,3-7H2,1-2H3,(H2,21,22,24);2*6H,1-5H2;6H,1-5,13H2;3-4,9H,1-2H3,(H2,8,10,11). The first-order chi connectivity index (χ1) is 55.1. The summed E-state index contributed by atoms with van der Waals surface area (Å²) >= 11 is 0. The number of nitrogen functional groups attached to an aromatic ring is 1. The quantitative estimate of drug-likeness (QED) is 0.0178. The molecule has 0 fully saturated rings. The van der Waals surface area contributed by atoms with Gasteiger partial charge in [-0.15, -0.1) is 0 Å². The van der Waals surface area contributed by atoms with Gasteiger partial charge in [0.15, 0.2) is 23.1 Å². The number of nitrogens with two attached hydrogens (primary N) is 2. The Hall–Kier alpha value is -10.6. The monoisotopic (exact) mass is 1660 g/mol. The summed E-state index contributed by atoms with van der Waals surface area (Å²) in [6.45, 7) is 9.01. The third-order valence-corrected chi connectivity index (χ3v) is 26.2. The molecule has 1 atom stereocenters. The molecule has 0 spiro atoms. The zero-order valence-corrected chi connectivity index (χ0v) is 68.0. The van der Waals surface area contributed by atoms with Crippen molar-refractivity contribution in [3.63, 3.8) is 0 Å². The molecule has 5 aromatic carbocycles. The Balaban J connectivity index is 0.000000126. The van der Waals surface area contributed by atoms with Crippen LogP contribution >= 0.6 is 0 Å². The van der Waals surface area contributed by atoms with Gasteiger partial charge in [-0.1, -0.05) is 30.3 Å². The zero-order valence-electron chi connectivity index (χ0n) is 65.5. The first kappa shape index (κ1) is 84.3. The molecular formula is C84H92N8O22S3. The van der Waals surface area contributed by atoms with Crippen LogP contribution in [-0.4, -0.2) is 91.9 Å². The Kier molecular flexibility index (Phi) is 23.6. The number of aliphatic hydroxyl groups excluding tert-OH is 1. The van der Waals surface area contributed by atoms with Crippen molar-refractivity contribution >= 4 is 99.8 Å². The normalized spacial score (nSPS) is 16.9. The van der Waals surface area contributed by atoms with Crippen molar-refractivity contribution in [1.29, 1.82) is 0 Å². The molecule has 618 valence electrons. The van der Waals surface area contributed by atoms with E-state index in [1.807, 2.05) is 21.6 Å². The van der Waals surface area contributed by atoms with Crippen LogP contribution in [0.4, 0.5) is 38.0 Å². The Labute approximate surface area is 675 Å². The lowest BCUT2D eigenvalue weighted by molar-refractivity contribution is -0.385. The second-order valence-corrected chi connectivity index (χ2v) is 37.1. The number of nitrogens with zero attached hydrogens (tertiary/aromatic N) is 2. The number of hydrogen-bond acceptors (Lipinski definition) is 24. The van der Waals surface area contributed by atoms with E-state index in [2.05, 4.69) is 38.2 Å². The third kappa shape index (κ3) is 17.7. The number of aliphatic imine (C=N–C) groups is 1. The minimum absolute atomic E-state index is 0.0475. The van der Waals surface area contributed by atoms with Gasteiger partial charge in [0.25, 0.3) is 35.8 Å². The number of benzene rings is 5. The number of aryl methyl sites for hydroxylation is 10. The number of furan rings is 3. The predicted octanol–water partition coefficient (Wildman–Crippen LogP) is 11.6. The molecule has 4 amide bonds. The summed E-state index contributed by atoms with van der Waals surface area (Å²) in [7, 11) is -12.4. The number of nitrogens with one attached hydrogen (secondary N) is 4. The van der Waals surface area contributed by atoms with E-state index in [0.717, 1.165) is 200 Å². The number of isocyanates is 1. The van der Waals surface area contributed by atoms with Crippen LogP contribution in [-0.2, 0) is 148 Å². The SMILES string of the molecule is CC(C)(O)c1coc(S(=O)(=O)NC(=O)Nc2c3c(cc4c2C(=O)CC4)CCC3)c1.CC(C)(O)c1coc(S(=O)(=O)NC(=O)Nc2c3c(cc4c2C(O)CC4)CCC3)c1.CC(C)(O)c1coc(S(N)(=O)=O)c1.Nc1c2c(cc3c1C(=O)CC3)CCC2.O=C1CCc2cc3c(c([N+](=O)[O-])c21)CCC3.O=C=Nc1c2c(cc3c1C(=O)CC3)CCC2. The number of hydrogen-bond donors (Lipinski definition) is 10. The van der Waals surface area contributed by atoms with E-state index in [4.69, 9.17) is 19.7 Å². The summed E-state index contributed by atoms with van der Waals surface area (Å²) < 4.78 is 90.2. The highest BCUT2D eigenvalue weighted by atomic mass is 32.2. The van der Waals surface area contributed by atoms with Gasteiger partial charge in [-0.25, -0.2) is 37.4 Å².